The smallest absolute Gasteiger partial charge is 0.508 e. The summed E-state index contributed by atoms with van der Waals surface area (Å²) >= 11 is 0. The van der Waals surface area contributed by atoms with Gasteiger partial charge in [0.2, 0.25) is 0 Å². The number of nitrogens with one attached hydrogen (secondary N) is 1. The molecule has 0 bridgehead atoms. The highest BCUT2D eigenvalue weighted by Gasteiger charge is 2.21. The Labute approximate surface area is 144 Å². The highest BCUT2D eigenvalue weighted by Crippen LogP contribution is 2.44. The molecule has 0 atom stereocenters. The van der Waals surface area contributed by atoms with E-state index in [9.17, 15) is 25.0 Å². The average Bonchev–Trinajstić information content (AvgIpc) is 2.51. The van der Waals surface area contributed by atoms with Crippen LogP contribution >= 0.6 is 7.82 Å². The Bertz CT molecular complexity index is 1130. The molecular formula is C15H12NO9P. The fourth-order valence-electron chi connectivity index (χ4n) is 2.36. The van der Waals surface area contributed by atoms with Gasteiger partial charge in [-0.3, -0.25) is 15.2 Å². The molecule has 11 heteroatoms. The van der Waals surface area contributed by atoms with E-state index in [1.54, 1.807) is 0 Å². The third-order valence-electron chi connectivity index (χ3n) is 3.42. The second-order valence-electron chi connectivity index (χ2n) is 5.26. The van der Waals surface area contributed by atoms with Crippen molar-refractivity contribution in [3.8, 4) is 40.1 Å². The Balaban J connectivity index is 2.26. The molecule has 0 aliphatic rings. The largest absolute Gasteiger partial charge is 0.524 e. The van der Waals surface area contributed by atoms with Crippen molar-refractivity contribution in [2.45, 2.75) is 0 Å². The molecule has 0 spiro atoms. The van der Waals surface area contributed by atoms with Gasteiger partial charge in [0.25, 0.3) is 0 Å². The normalized spacial score (nSPS) is 11.6. The second kappa shape index (κ2) is 5.95. The first-order chi connectivity index (χ1) is 12.1. The lowest BCUT2D eigenvalue weighted by Gasteiger charge is -2.12. The molecule has 0 saturated carbocycles. The number of hydrogen-bond donors (Lipinski definition) is 7. The number of rotatable bonds is 3. The van der Waals surface area contributed by atoms with Gasteiger partial charge in [-0.15, -0.1) is 0 Å². The molecule has 2 aromatic carbocycles. The molecule has 136 valence electrons. The van der Waals surface area contributed by atoms with Crippen LogP contribution < -0.4 is 9.88 Å². The maximum absolute atomic E-state index is 11.0. The predicted molar refractivity (Wildman–Crippen MR) is 86.8 cm³/mol. The van der Waals surface area contributed by atoms with E-state index in [1.165, 1.54) is 6.07 Å². The molecule has 26 heavy (non-hydrogen) atoms. The van der Waals surface area contributed by atoms with E-state index < -0.39 is 36.2 Å². The maximum atomic E-state index is 11.0. The molecule has 3 rings (SSSR count). The lowest BCUT2D eigenvalue weighted by Crippen LogP contribution is -2.03. The van der Waals surface area contributed by atoms with Crippen LogP contribution in [0.4, 0.5) is 0 Å². The number of fused-ring (bicyclic) bond motifs is 1. The first-order valence-electron chi connectivity index (χ1n) is 6.91. The fraction of sp³-hybridized carbons (Fsp3) is 0. The summed E-state index contributed by atoms with van der Waals surface area (Å²) in [7, 11) is -4.96. The Morgan fingerprint density at radius 3 is 2.35 bits per heavy atom. The molecule has 0 radical (unpaired) electrons. The SMILES string of the molecule is N=c1c(O)c(-c2ccc(O)c(OP(=O)(O)O)c2)oc2cc(O)cc(O)c12. The van der Waals surface area contributed by atoms with Crippen LogP contribution in [0.25, 0.3) is 22.3 Å². The number of hydrogen-bond acceptors (Lipinski definition) is 8. The molecule has 10 nitrogen and oxygen atoms in total. The highest BCUT2D eigenvalue weighted by atomic mass is 31.2. The van der Waals surface area contributed by atoms with Gasteiger partial charge in [0.15, 0.2) is 23.0 Å². The third kappa shape index (κ3) is 3.16. The van der Waals surface area contributed by atoms with Gasteiger partial charge in [-0.1, -0.05) is 0 Å². The molecule has 3 aromatic rings. The van der Waals surface area contributed by atoms with Crippen LogP contribution in [0.5, 0.6) is 28.7 Å². The summed E-state index contributed by atoms with van der Waals surface area (Å²) in [5.74, 6) is -2.94. The zero-order chi connectivity index (χ0) is 19.2. The third-order valence-corrected chi connectivity index (χ3v) is 3.85. The van der Waals surface area contributed by atoms with Crippen LogP contribution in [0.1, 0.15) is 0 Å². The minimum Gasteiger partial charge on any atom is -0.508 e. The minimum atomic E-state index is -4.96. The van der Waals surface area contributed by atoms with Gasteiger partial charge in [0.1, 0.15) is 22.4 Å². The van der Waals surface area contributed by atoms with Crippen LogP contribution in [0.3, 0.4) is 0 Å². The fourth-order valence-corrected chi connectivity index (χ4v) is 2.76. The number of phosphoric acid groups is 1. The number of aromatic hydroxyl groups is 4. The summed E-state index contributed by atoms with van der Waals surface area (Å²) in [6.07, 6.45) is 0. The minimum absolute atomic E-state index is 0.0157. The first kappa shape index (κ1) is 17.6. The second-order valence-corrected chi connectivity index (χ2v) is 6.42. The molecule has 0 aliphatic carbocycles. The molecule has 7 N–H and O–H groups in total. The number of phosphoric ester groups is 1. The number of phenols is 3. The summed E-state index contributed by atoms with van der Waals surface area (Å²) < 4.78 is 20.8. The molecular weight excluding hydrogens is 369 g/mol. The van der Waals surface area contributed by atoms with Gasteiger partial charge < -0.3 is 29.4 Å². The molecule has 1 aromatic heterocycles. The molecule has 1 heterocycles. The van der Waals surface area contributed by atoms with Crippen LogP contribution in [-0.2, 0) is 4.57 Å². The summed E-state index contributed by atoms with van der Waals surface area (Å²) in [5, 5.41) is 46.6. The van der Waals surface area contributed by atoms with Crippen LogP contribution in [0.15, 0.2) is 34.7 Å². The molecule has 0 fully saturated rings. The van der Waals surface area contributed by atoms with Gasteiger partial charge in [0, 0.05) is 17.7 Å². The van der Waals surface area contributed by atoms with Gasteiger partial charge >= 0.3 is 7.82 Å². The van der Waals surface area contributed by atoms with Crippen molar-refractivity contribution < 1.29 is 43.7 Å². The zero-order valence-corrected chi connectivity index (χ0v) is 13.6. The maximum Gasteiger partial charge on any atom is 0.524 e. The Kier molecular flexibility index (Phi) is 4.03. The summed E-state index contributed by atoms with van der Waals surface area (Å²) in [6.45, 7) is 0. The quantitative estimate of drug-likeness (QED) is 0.333. The lowest BCUT2D eigenvalue weighted by molar-refractivity contribution is 0.278. The Morgan fingerprint density at radius 1 is 1.00 bits per heavy atom. The van der Waals surface area contributed by atoms with E-state index in [1.807, 2.05) is 0 Å². The van der Waals surface area contributed by atoms with Crippen molar-refractivity contribution in [3.63, 3.8) is 0 Å². The van der Waals surface area contributed by atoms with Gasteiger partial charge in [-0.2, -0.15) is 0 Å². The van der Waals surface area contributed by atoms with Crippen LogP contribution in [-0.4, -0.2) is 30.2 Å². The van der Waals surface area contributed by atoms with Gasteiger partial charge in [-0.25, -0.2) is 4.57 Å². The monoisotopic (exact) mass is 381 g/mol. The summed E-state index contributed by atoms with van der Waals surface area (Å²) in [5.41, 5.74) is -0.104. The van der Waals surface area contributed by atoms with Crippen molar-refractivity contribution in [1.29, 1.82) is 5.41 Å². The van der Waals surface area contributed by atoms with Crippen molar-refractivity contribution in [1.82, 2.24) is 0 Å². The van der Waals surface area contributed by atoms with Crippen molar-refractivity contribution >= 4 is 18.8 Å². The van der Waals surface area contributed by atoms with E-state index in [2.05, 4.69) is 4.52 Å². The predicted octanol–water partition coefficient (Wildman–Crippen LogP) is 1.87. The molecule has 0 saturated heterocycles. The number of benzene rings is 2. The van der Waals surface area contributed by atoms with Crippen LogP contribution in [0, 0.1) is 5.41 Å². The first-order valence-corrected chi connectivity index (χ1v) is 8.44. The van der Waals surface area contributed by atoms with Crippen molar-refractivity contribution in [3.05, 3.63) is 35.7 Å². The zero-order valence-electron chi connectivity index (χ0n) is 12.7. The van der Waals surface area contributed by atoms with E-state index >= 15 is 0 Å². The van der Waals surface area contributed by atoms with E-state index in [0.717, 1.165) is 24.3 Å². The summed E-state index contributed by atoms with van der Waals surface area (Å²) in [4.78, 5) is 17.8. The number of phenolic OH excluding ortho intramolecular Hbond substituents is 3. The Morgan fingerprint density at radius 2 is 1.69 bits per heavy atom. The molecule has 0 unspecified atom stereocenters. The highest BCUT2D eigenvalue weighted by molar-refractivity contribution is 7.46. The average molecular weight is 381 g/mol. The Hall–Kier alpha value is -3.20. The van der Waals surface area contributed by atoms with E-state index in [-0.39, 0.29) is 28.0 Å². The van der Waals surface area contributed by atoms with E-state index in [0.29, 0.717) is 0 Å². The van der Waals surface area contributed by atoms with Crippen molar-refractivity contribution in [2.75, 3.05) is 0 Å². The lowest BCUT2D eigenvalue weighted by atomic mass is 10.1. The standard InChI is InChI=1S/C15H12NO9P/c16-13-12-9(19)4-7(17)5-11(12)24-15(14(13)20)6-1-2-8(18)10(3-6)25-26(21,22)23/h1-5,16-20H,(H2,21,22,23). The van der Waals surface area contributed by atoms with Crippen LogP contribution in [0.2, 0.25) is 0 Å². The van der Waals surface area contributed by atoms with E-state index in [4.69, 9.17) is 19.6 Å². The van der Waals surface area contributed by atoms with Gasteiger partial charge in [0.05, 0.1) is 5.39 Å². The topological polar surface area (TPSA) is 185 Å². The molecule has 0 aliphatic heterocycles. The van der Waals surface area contributed by atoms with Crippen molar-refractivity contribution in [2.24, 2.45) is 0 Å². The van der Waals surface area contributed by atoms with Gasteiger partial charge in [-0.05, 0) is 18.2 Å². The summed E-state index contributed by atoms with van der Waals surface area (Å²) in [6, 6.07) is 5.36. The molecule has 0 amide bonds.